The van der Waals surface area contributed by atoms with Gasteiger partial charge in [-0.1, -0.05) is 0 Å². The summed E-state index contributed by atoms with van der Waals surface area (Å²) in [6.45, 7) is 1.85. The van der Waals surface area contributed by atoms with Gasteiger partial charge in [0.15, 0.2) is 0 Å². The highest BCUT2D eigenvalue weighted by molar-refractivity contribution is 7.89. The topological polar surface area (TPSA) is 66.4 Å². The standard InChI is InChI=1S/C8H17NO3S/c1-8(4-2-5-8)9-13(11,12)7-3-6-10/h9-10H,2-7H2,1H3. The Morgan fingerprint density at radius 2 is 2.08 bits per heavy atom. The molecule has 4 nitrogen and oxygen atoms in total. The fraction of sp³-hybridized carbons (Fsp3) is 1.00. The number of hydrogen-bond acceptors (Lipinski definition) is 3. The zero-order chi connectivity index (χ0) is 9.95. The molecule has 1 saturated carbocycles. The van der Waals surface area contributed by atoms with Crippen LogP contribution in [-0.2, 0) is 10.0 Å². The quantitative estimate of drug-likeness (QED) is 0.678. The van der Waals surface area contributed by atoms with E-state index in [4.69, 9.17) is 5.11 Å². The van der Waals surface area contributed by atoms with Crippen LogP contribution in [0.5, 0.6) is 0 Å². The molecule has 0 unspecified atom stereocenters. The van der Waals surface area contributed by atoms with Gasteiger partial charge in [-0.3, -0.25) is 0 Å². The van der Waals surface area contributed by atoms with E-state index in [2.05, 4.69) is 4.72 Å². The molecule has 0 saturated heterocycles. The van der Waals surface area contributed by atoms with Gasteiger partial charge in [-0.15, -0.1) is 0 Å². The first kappa shape index (κ1) is 10.9. The molecule has 13 heavy (non-hydrogen) atoms. The van der Waals surface area contributed by atoms with Crippen LogP contribution in [0.3, 0.4) is 0 Å². The van der Waals surface area contributed by atoms with E-state index in [1.54, 1.807) is 0 Å². The Balaban J connectivity index is 2.42. The number of aliphatic hydroxyl groups is 1. The van der Waals surface area contributed by atoms with E-state index in [9.17, 15) is 8.42 Å². The molecule has 0 heterocycles. The number of hydrogen-bond donors (Lipinski definition) is 2. The molecule has 5 heteroatoms. The maximum Gasteiger partial charge on any atom is 0.212 e. The summed E-state index contributed by atoms with van der Waals surface area (Å²) in [4.78, 5) is 0. The second kappa shape index (κ2) is 3.94. The number of nitrogens with one attached hydrogen (secondary N) is 1. The molecule has 1 rings (SSSR count). The van der Waals surface area contributed by atoms with Gasteiger partial charge in [0.05, 0.1) is 5.75 Å². The Bertz CT molecular complexity index is 257. The van der Waals surface area contributed by atoms with Crippen molar-refractivity contribution >= 4 is 10.0 Å². The van der Waals surface area contributed by atoms with E-state index >= 15 is 0 Å². The lowest BCUT2D eigenvalue weighted by Crippen LogP contribution is -2.51. The van der Waals surface area contributed by atoms with E-state index in [-0.39, 0.29) is 17.9 Å². The zero-order valence-electron chi connectivity index (χ0n) is 7.91. The number of rotatable bonds is 5. The highest BCUT2D eigenvalue weighted by Gasteiger charge is 2.35. The third-order valence-corrected chi connectivity index (χ3v) is 4.06. The molecule has 0 spiro atoms. The largest absolute Gasteiger partial charge is 0.396 e. The van der Waals surface area contributed by atoms with Crippen molar-refractivity contribution in [2.24, 2.45) is 0 Å². The number of aliphatic hydroxyl groups excluding tert-OH is 1. The normalized spacial score (nSPS) is 21.1. The van der Waals surface area contributed by atoms with Crippen LogP contribution in [0.15, 0.2) is 0 Å². The Kier molecular flexibility index (Phi) is 3.32. The van der Waals surface area contributed by atoms with E-state index < -0.39 is 10.0 Å². The van der Waals surface area contributed by atoms with Crippen molar-refractivity contribution in [3.05, 3.63) is 0 Å². The summed E-state index contributed by atoms with van der Waals surface area (Å²) >= 11 is 0. The maximum atomic E-state index is 11.4. The van der Waals surface area contributed by atoms with Crippen molar-refractivity contribution in [2.75, 3.05) is 12.4 Å². The average Bonchev–Trinajstić information content (AvgIpc) is 1.97. The van der Waals surface area contributed by atoms with Gasteiger partial charge < -0.3 is 5.11 Å². The Hall–Kier alpha value is -0.130. The van der Waals surface area contributed by atoms with Crippen molar-refractivity contribution < 1.29 is 13.5 Å². The van der Waals surface area contributed by atoms with E-state index in [0.29, 0.717) is 6.42 Å². The highest BCUT2D eigenvalue weighted by Crippen LogP contribution is 2.31. The summed E-state index contributed by atoms with van der Waals surface area (Å²) in [6.07, 6.45) is 3.25. The van der Waals surface area contributed by atoms with Crippen LogP contribution < -0.4 is 4.72 Å². The predicted octanol–water partition coefficient (Wildman–Crippen LogP) is 0.231. The lowest BCUT2D eigenvalue weighted by molar-refractivity contribution is 0.247. The Morgan fingerprint density at radius 3 is 2.46 bits per heavy atom. The molecule has 0 aromatic rings. The van der Waals surface area contributed by atoms with Crippen LogP contribution in [0.2, 0.25) is 0 Å². The fourth-order valence-corrected chi connectivity index (χ4v) is 3.06. The smallest absolute Gasteiger partial charge is 0.212 e. The van der Waals surface area contributed by atoms with E-state index in [1.807, 2.05) is 6.92 Å². The van der Waals surface area contributed by atoms with Crippen LogP contribution >= 0.6 is 0 Å². The molecule has 0 bridgehead atoms. The third-order valence-electron chi connectivity index (χ3n) is 2.43. The maximum absolute atomic E-state index is 11.4. The first-order valence-corrected chi connectivity index (χ1v) is 6.25. The molecule has 78 valence electrons. The molecule has 0 aromatic carbocycles. The summed E-state index contributed by atoms with van der Waals surface area (Å²) in [5, 5.41) is 8.51. The summed E-state index contributed by atoms with van der Waals surface area (Å²) in [6, 6.07) is 0. The molecular formula is C8H17NO3S. The minimum atomic E-state index is -3.17. The molecule has 0 radical (unpaired) electrons. The van der Waals surface area contributed by atoms with Gasteiger partial charge >= 0.3 is 0 Å². The molecule has 1 aliphatic carbocycles. The van der Waals surface area contributed by atoms with Crippen LogP contribution in [0.1, 0.15) is 32.6 Å². The lowest BCUT2D eigenvalue weighted by atomic mass is 9.80. The Morgan fingerprint density at radius 1 is 1.46 bits per heavy atom. The van der Waals surface area contributed by atoms with Crippen LogP contribution in [0, 0.1) is 0 Å². The van der Waals surface area contributed by atoms with Crippen molar-refractivity contribution in [3.8, 4) is 0 Å². The molecule has 0 atom stereocenters. The Labute approximate surface area is 79.4 Å². The van der Waals surface area contributed by atoms with Crippen molar-refractivity contribution in [2.45, 2.75) is 38.1 Å². The van der Waals surface area contributed by atoms with Gasteiger partial charge in [0.2, 0.25) is 10.0 Å². The first-order chi connectivity index (χ1) is 5.97. The summed E-state index contributed by atoms with van der Waals surface area (Å²) in [5.74, 6) is 0.0269. The van der Waals surface area contributed by atoms with Gasteiger partial charge in [0.25, 0.3) is 0 Å². The van der Waals surface area contributed by atoms with Gasteiger partial charge in [-0.2, -0.15) is 0 Å². The van der Waals surface area contributed by atoms with Crippen LogP contribution in [0.25, 0.3) is 0 Å². The third kappa shape index (κ3) is 3.25. The molecule has 1 fully saturated rings. The molecular weight excluding hydrogens is 190 g/mol. The second-order valence-corrected chi connectivity index (χ2v) is 5.75. The highest BCUT2D eigenvalue weighted by atomic mass is 32.2. The zero-order valence-corrected chi connectivity index (χ0v) is 8.73. The lowest BCUT2D eigenvalue weighted by Gasteiger charge is -2.38. The van der Waals surface area contributed by atoms with E-state index in [0.717, 1.165) is 19.3 Å². The van der Waals surface area contributed by atoms with Gasteiger partial charge in [-0.05, 0) is 32.6 Å². The first-order valence-electron chi connectivity index (χ1n) is 4.60. The van der Waals surface area contributed by atoms with Gasteiger partial charge in [0, 0.05) is 12.1 Å². The summed E-state index contributed by atoms with van der Waals surface area (Å²) in [5.41, 5.74) is -0.214. The van der Waals surface area contributed by atoms with Crippen molar-refractivity contribution in [3.63, 3.8) is 0 Å². The molecule has 2 N–H and O–H groups in total. The van der Waals surface area contributed by atoms with Crippen LogP contribution in [-0.4, -0.2) is 31.4 Å². The van der Waals surface area contributed by atoms with Gasteiger partial charge in [0.1, 0.15) is 0 Å². The molecule has 0 amide bonds. The minimum absolute atomic E-state index is 0.0269. The SMILES string of the molecule is CC1(NS(=O)(=O)CCCO)CCC1. The minimum Gasteiger partial charge on any atom is -0.396 e. The number of sulfonamides is 1. The summed E-state index contributed by atoms with van der Waals surface area (Å²) < 4.78 is 25.4. The molecule has 0 aliphatic heterocycles. The monoisotopic (exact) mass is 207 g/mol. The molecule has 1 aliphatic rings. The average molecular weight is 207 g/mol. The summed E-state index contributed by atoms with van der Waals surface area (Å²) in [7, 11) is -3.17. The van der Waals surface area contributed by atoms with Crippen LogP contribution in [0.4, 0.5) is 0 Å². The van der Waals surface area contributed by atoms with Gasteiger partial charge in [-0.25, -0.2) is 13.1 Å². The van der Waals surface area contributed by atoms with Crippen molar-refractivity contribution in [1.29, 1.82) is 0 Å². The van der Waals surface area contributed by atoms with Crippen molar-refractivity contribution in [1.82, 2.24) is 4.72 Å². The molecule has 0 aromatic heterocycles. The predicted molar refractivity (Wildman–Crippen MR) is 50.9 cm³/mol. The second-order valence-electron chi connectivity index (χ2n) is 3.91. The fourth-order valence-electron chi connectivity index (χ4n) is 1.49. The van der Waals surface area contributed by atoms with E-state index in [1.165, 1.54) is 0 Å².